The molecule has 2 aromatic rings. The lowest BCUT2D eigenvalue weighted by molar-refractivity contribution is -0.133. The molecule has 2 amide bonds. The number of carbonyl (C=O) groups is 2. The number of halogens is 2. The number of rotatable bonds is 10. The van der Waals surface area contributed by atoms with Crippen LogP contribution in [-0.4, -0.2) is 72.5 Å². The predicted molar refractivity (Wildman–Crippen MR) is 160 cm³/mol. The van der Waals surface area contributed by atoms with Gasteiger partial charge in [-0.1, -0.05) is 66.9 Å². The molecule has 6 nitrogen and oxygen atoms in total. The van der Waals surface area contributed by atoms with Gasteiger partial charge < -0.3 is 20.4 Å². The van der Waals surface area contributed by atoms with E-state index in [0.717, 1.165) is 32.4 Å². The van der Waals surface area contributed by atoms with Crippen LogP contribution < -0.4 is 10.6 Å². The highest BCUT2D eigenvalue weighted by molar-refractivity contribution is 6.42. The normalized spacial score (nSPS) is 23.3. The van der Waals surface area contributed by atoms with E-state index in [1.165, 1.54) is 24.8 Å². The van der Waals surface area contributed by atoms with Gasteiger partial charge in [0.1, 0.15) is 0 Å². The maximum absolute atomic E-state index is 13.9. The first-order chi connectivity index (χ1) is 18.9. The van der Waals surface area contributed by atoms with Crippen LogP contribution in [0.15, 0.2) is 48.5 Å². The number of amides is 2. The molecule has 2 saturated heterocycles. The zero-order chi connectivity index (χ0) is 27.8. The maximum Gasteiger partial charge on any atom is 0.251 e. The minimum absolute atomic E-state index is 0.00810. The van der Waals surface area contributed by atoms with Crippen molar-refractivity contribution in [3.8, 4) is 0 Å². The molecule has 2 aromatic carbocycles. The highest BCUT2D eigenvalue weighted by Crippen LogP contribution is 2.24. The highest BCUT2D eigenvalue weighted by Gasteiger charge is 2.33. The summed E-state index contributed by atoms with van der Waals surface area (Å²) >= 11 is 12.1. The second-order valence-electron chi connectivity index (χ2n) is 11.0. The average molecular weight is 574 g/mol. The van der Waals surface area contributed by atoms with Crippen LogP contribution in [0.4, 0.5) is 0 Å². The number of nitrogens with one attached hydrogen (secondary N) is 2. The van der Waals surface area contributed by atoms with Crippen molar-refractivity contribution < 1.29 is 9.59 Å². The summed E-state index contributed by atoms with van der Waals surface area (Å²) in [6, 6.07) is 15.6. The van der Waals surface area contributed by atoms with Crippen LogP contribution in [0.5, 0.6) is 0 Å². The van der Waals surface area contributed by atoms with Crippen LogP contribution >= 0.6 is 23.2 Å². The molecule has 0 saturated carbocycles. The van der Waals surface area contributed by atoms with Gasteiger partial charge in [-0.2, -0.15) is 0 Å². The van der Waals surface area contributed by atoms with Crippen LogP contribution in [0, 0.1) is 0 Å². The number of carbonyl (C=O) groups excluding carboxylic acids is 2. The summed E-state index contributed by atoms with van der Waals surface area (Å²) in [5, 5.41) is 7.44. The predicted octanol–water partition coefficient (Wildman–Crippen LogP) is 5.74. The van der Waals surface area contributed by atoms with E-state index in [1.807, 2.05) is 6.07 Å². The first-order valence-electron chi connectivity index (χ1n) is 14.4. The summed E-state index contributed by atoms with van der Waals surface area (Å²) in [5.41, 5.74) is 1.74. The quantitative estimate of drug-likeness (QED) is 0.381. The fraction of sp³-hybridized carbons (Fsp3) is 0.548. The highest BCUT2D eigenvalue weighted by atomic mass is 35.5. The largest absolute Gasteiger partial charge is 0.350 e. The number of benzene rings is 2. The summed E-state index contributed by atoms with van der Waals surface area (Å²) in [7, 11) is 0. The Bertz CT molecular complexity index is 1100. The van der Waals surface area contributed by atoms with Crippen molar-refractivity contribution in [3.05, 3.63) is 69.7 Å². The molecule has 0 aromatic heterocycles. The Morgan fingerprint density at radius 1 is 1.08 bits per heavy atom. The van der Waals surface area contributed by atoms with Gasteiger partial charge in [0.2, 0.25) is 5.91 Å². The van der Waals surface area contributed by atoms with Crippen molar-refractivity contribution in [2.75, 3.05) is 32.7 Å². The first-order valence-corrected chi connectivity index (χ1v) is 15.2. The second-order valence-corrected chi connectivity index (χ2v) is 11.8. The average Bonchev–Trinajstić information content (AvgIpc) is 3.10. The zero-order valence-corrected chi connectivity index (χ0v) is 24.7. The molecule has 2 aliphatic rings. The van der Waals surface area contributed by atoms with Gasteiger partial charge in [-0.3, -0.25) is 9.59 Å². The van der Waals surface area contributed by atoms with Gasteiger partial charge in [-0.05, 0) is 69.3 Å². The van der Waals surface area contributed by atoms with E-state index in [4.69, 9.17) is 23.2 Å². The van der Waals surface area contributed by atoms with Crippen molar-refractivity contribution in [2.24, 2.45) is 0 Å². The molecule has 8 heteroatoms. The third kappa shape index (κ3) is 8.20. The van der Waals surface area contributed by atoms with Gasteiger partial charge in [0.15, 0.2) is 0 Å². The Labute approximate surface area is 243 Å². The van der Waals surface area contributed by atoms with E-state index in [0.29, 0.717) is 47.2 Å². The monoisotopic (exact) mass is 572 g/mol. The lowest BCUT2D eigenvalue weighted by atomic mass is 9.95. The van der Waals surface area contributed by atoms with Gasteiger partial charge in [-0.15, -0.1) is 0 Å². The minimum atomic E-state index is -0.276. The fourth-order valence-electron chi connectivity index (χ4n) is 5.83. The van der Waals surface area contributed by atoms with E-state index in [9.17, 15) is 9.59 Å². The van der Waals surface area contributed by atoms with Gasteiger partial charge in [0.25, 0.3) is 5.91 Å². The van der Waals surface area contributed by atoms with Crippen LogP contribution in [0.1, 0.15) is 74.2 Å². The van der Waals surface area contributed by atoms with E-state index < -0.39 is 0 Å². The molecule has 4 rings (SSSR count). The molecule has 0 radical (unpaired) electrons. The molecular formula is C31H42Cl2N4O2. The Morgan fingerprint density at radius 3 is 2.59 bits per heavy atom. The third-order valence-electron chi connectivity index (χ3n) is 8.34. The van der Waals surface area contributed by atoms with Crippen molar-refractivity contribution in [3.63, 3.8) is 0 Å². The number of nitrogens with zero attached hydrogens (tertiary/aromatic N) is 2. The number of hydrogen-bond acceptors (Lipinski definition) is 4. The van der Waals surface area contributed by atoms with E-state index in [-0.39, 0.29) is 23.9 Å². The van der Waals surface area contributed by atoms with Crippen LogP contribution in [0.25, 0.3) is 0 Å². The van der Waals surface area contributed by atoms with Crippen LogP contribution in [0.3, 0.4) is 0 Å². The zero-order valence-electron chi connectivity index (χ0n) is 23.2. The topological polar surface area (TPSA) is 64.7 Å². The van der Waals surface area contributed by atoms with Crippen LogP contribution in [0.2, 0.25) is 10.0 Å². The fourth-order valence-corrected chi connectivity index (χ4v) is 6.13. The summed E-state index contributed by atoms with van der Waals surface area (Å²) in [5.74, 6) is 0.271. The van der Waals surface area contributed by atoms with E-state index in [2.05, 4.69) is 58.5 Å². The number of likely N-dealkylation sites (tertiary alicyclic amines) is 1. The van der Waals surface area contributed by atoms with Gasteiger partial charge >= 0.3 is 0 Å². The summed E-state index contributed by atoms with van der Waals surface area (Å²) in [4.78, 5) is 31.3. The molecule has 0 bridgehead atoms. The summed E-state index contributed by atoms with van der Waals surface area (Å²) in [6.45, 7) is 8.29. The van der Waals surface area contributed by atoms with Crippen molar-refractivity contribution in [1.82, 2.24) is 20.4 Å². The van der Waals surface area contributed by atoms with Crippen molar-refractivity contribution >= 4 is 35.0 Å². The molecule has 0 unspecified atom stereocenters. The van der Waals surface area contributed by atoms with E-state index in [1.54, 1.807) is 18.2 Å². The smallest absolute Gasteiger partial charge is 0.251 e. The van der Waals surface area contributed by atoms with Crippen LogP contribution in [-0.2, 0) is 4.79 Å². The molecule has 0 spiro atoms. The molecule has 4 atom stereocenters. The molecule has 2 aliphatic heterocycles. The lowest BCUT2D eigenvalue weighted by Gasteiger charge is -2.35. The number of piperidine rings is 1. The Balaban J connectivity index is 1.44. The first kappa shape index (κ1) is 29.9. The van der Waals surface area contributed by atoms with Crippen molar-refractivity contribution in [2.45, 2.75) is 76.4 Å². The second kappa shape index (κ2) is 14.5. The Kier molecular flexibility index (Phi) is 11.1. The molecule has 0 aliphatic carbocycles. The summed E-state index contributed by atoms with van der Waals surface area (Å²) < 4.78 is 0. The van der Waals surface area contributed by atoms with Gasteiger partial charge in [0.05, 0.1) is 16.1 Å². The molecule has 2 fully saturated rings. The SMILES string of the molecule is CC[C@H](CN1CC[C@@H](CNC(=O)c2ccc(Cl)c(Cl)c2)N[C@@H](CCN2CCCC[C@@H]2C)C1=O)c1ccccc1. The lowest BCUT2D eigenvalue weighted by Crippen LogP contribution is -2.51. The molecule has 212 valence electrons. The maximum atomic E-state index is 13.9. The molecular weight excluding hydrogens is 531 g/mol. The molecule has 39 heavy (non-hydrogen) atoms. The van der Waals surface area contributed by atoms with Gasteiger partial charge in [0, 0.05) is 49.7 Å². The molecule has 2 heterocycles. The van der Waals surface area contributed by atoms with E-state index >= 15 is 0 Å². The third-order valence-corrected chi connectivity index (χ3v) is 9.07. The Hall–Kier alpha value is -2.12. The molecule has 2 N–H and O–H groups in total. The standard InChI is InChI=1S/C31H42Cl2N4O2/c1-3-23(24-10-5-4-6-11-24)21-37-17-14-26(20-34-30(38)25-12-13-27(32)28(33)19-25)35-29(31(37)39)15-18-36-16-8-7-9-22(36)2/h4-6,10-13,19,22-23,26,29,35H,3,7-9,14-18,20-21H2,1-2H3,(H,34,38)/t22-,23+,26-,29-/m0/s1. The van der Waals surface area contributed by atoms with Gasteiger partial charge in [-0.25, -0.2) is 0 Å². The minimum Gasteiger partial charge on any atom is -0.350 e. The van der Waals surface area contributed by atoms with Crippen molar-refractivity contribution in [1.29, 1.82) is 0 Å². The summed E-state index contributed by atoms with van der Waals surface area (Å²) in [6.07, 6.45) is 6.23. The Morgan fingerprint density at radius 2 is 1.87 bits per heavy atom. The number of hydrogen-bond donors (Lipinski definition) is 2.